The standard InChI is InChI=1S/C8H18N2O2/c9-5-3-1-2-4-6-10-7-8(11)12/h7-8,11-12H,1-6,9H2. The summed E-state index contributed by atoms with van der Waals surface area (Å²) in [5.74, 6) is 0. The van der Waals surface area contributed by atoms with Crippen molar-refractivity contribution < 1.29 is 10.2 Å². The smallest absolute Gasteiger partial charge is 0.188 e. The first-order valence-corrected chi connectivity index (χ1v) is 4.33. The van der Waals surface area contributed by atoms with Crippen molar-refractivity contribution in [2.45, 2.75) is 32.0 Å². The second-order valence-electron chi connectivity index (χ2n) is 2.67. The first kappa shape index (κ1) is 11.6. The Bertz CT molecular complexity index is 116. The topological polar surface area (TPSA) is 78.8 Å². The predicted octanol–water partition coefficient (Wildman–Crippen LogP) is -0.113. The van der Waals surface area contributed by atoms with Crippen molar-refractivity contribution in [3.63, 3.8) is 0 Å². The van der Waals surface area contributed by atoms with Crippen LogP contribution in [0.25, 0.3) is 0 Å². The highest BCUT2D eigenvalue weighted by molar-refractivity contribution is 5.60. The van der Waals surface area contributed by atoms with Crippen LogP contribution in [0.15, 0.2) is 4.99 Å². The third kappa shape index (κ3) is 9.55. The molecule has 0 amide bonds. The van der Waals surface area contributed by atoms with E-state index in [1.807, 2.05) is 0 Å². The van der Waals surface area contributed by atoms with Gasteiger partial charge in [0, 0.05) is 6.54 Å². The van der Waals surface area contributed by atoms with Crippen LogP contribution in [0.5, 0.6) is 0 Å². The summed E-state index contributed by atoms with van der Waals surface area (Å²) in [7, 11) is 0. The van der Waals surface area contributed by atoms with Crippen molar-refractivity contribution in [2.75, 3.05) is 13.1 Å². The number of aliphatic hydroxyl groups is 2. The summed E-state index contributed by atoms with van der Waals surface area (Å²) in [6, 6.07) is 0. The molecule has 0 aromatic carbocycles. The van der Waals surface area contributed by atoms with E-state index < -0.39 is 6.29 Å². The van der Waals surface area contributed by atoms with Crippen LogP contribution in [0.2, 0.25) is 0 Å². The van der Waals surface area contributed by atoms with Crippen LogP contribution in [0, 0.1) is 0 Å². The maximum absolute atomic E-state index is 8.38. The molecule has 0 aromatic rings. The van der Waals surface area contributed by atoms with Gasteiger partial charge in [0.1, 0.15) is 0 Å². The van der Waals surface area contributed by atoms with Gasteiger partial charge in [0.2, 0.25) is 0 Å². The highest BCUT2D eigenvalue weighted by Gasteiger charge is 1.89. The summed E-state index contributed by atoms with van der Waals surface area (Å²) in [5.41, 5.74) is 5.31. The molecule has 0 heterocycles. The molecule has 0 aliphatic carbocycles. The molecule has 4 nitrogen and oxygen atoms in total. The molecule has 0 saturated heterocycles. The normalized spacial score (nSPS) is 11.7. The fraction of sp³-hybridized carbons (Fsp3) is 0.875. The molecule has 0 saturated carbocycles. The van der Waals surface area contributed by atoms with Gasteiger partial charge in [-0.2, -0.15) is 0 Å². The maximum atomic E-state index is 8.38. The molecule has 0 fully saturated rings. The molecule has 72 valence electrons. The van der Waals surface area contributed by atoms with E-state index in [0.29, 0.717) is 6.54 Å². The number of unbranched alkanes of at least 4 members (excludes halogenated alkanes) is 3. The van der Waals surface area contributed by atoms with E-state index in [2.05, 4.69) is 4.99 Å². The molecule has 0 aliphatic heterocycles. The Morgan fingerprint density at radius 1 is 1.17 bits per heavy atom. The van der Waals surface area contributed by atoms with Crippen LogP contribution >= 0.6 is 0 Å². The Labute approximate surface area is 73.1 Å². The minimum absolute atomic E-state index is 0.669. The van der Waals surface area contributed by atoms with Crippen molar-refractivity contribution in [3.8, 4) is 0 Å². The molecule has 0 unspecified atom stereocenters. The van der Waals surface area contributed by atoms with Gasteiger partial charge in [-0.3, -0.25) is 4.99 Å². The van der Waals surface area contributed by atoms with Gasteiger partial charge in [-0.15, -0.1) is 0 Å². The molecular formula is C8H18N2O2. The Hall–Kier alpha value is -0.450. The molecule has 4 heteroatoms. The lowest BCUT2D eigenvalue weighted by Gasteiger charge is -1.96. The summed E-state index contributed by atoms with van der Waals surface area (Å²) < 4.78 is 0. The van der Waals surface area contributed by atoms with E-state index in [0.717, 1.165) is 38.4 Å². The highest BCUT2D eigenvalue weighted by Crippen LogP contribution is 1.97. The average molecular weight is 174 g/mol. The van der Waals surface area contributed by atoms with E-state index in [9.17, 15) is 0 Å². The molecule has 4 N–H and O–H groups in total. The van der Waals surface area contributed by atoms with Crippen molar-refractivity contribution in [3.05, 3.63) is 0 Å². The Kier molecular flexibility index (Phi) is 8.32. The zero-order chi connectivity index (χ0) is 9.23. The van der Waals surface area contributed by atoms with Gasteiger partial charge in [0.15, 0.2) is 6.29 Å². The van der Waals surface area contributed by atoms with Gasteiger partial charge in [-0.25, -0.2) is 0 Å². The number of rotatable bonds is 7. The lowest BCUT2D eigenvalue weighted by molar-refractivity contribution is 0.0237. The Morgan fingerprint density at radius 3 is 2.42 bits per heavy atom. The number of aliphatic hydroxyl groups excluding tert-OH is 1. The van der Waals surface area contributed by atoms with Gasteiger partial charge in [-0.1, -0.05) is 12.8 Å². The molecular weight excluding hydrogens is 156 g/mol. The minimum Gasteiger partial charge on any atom is -0.364 e. The van der Waals surface area contributed by atoms with Crippen molar-refractivity contribution in [1.29, 1.82) is 0 Å². The van der Waals surface area contributed by atoms with Gasteiger partial charge in [0.05, 0.1) is 6.21 Å². The third-order valence-corrected chi connectivity index (χ3v) is 1.48. The average Bonchev–Trinajstić information content (AvgIpc) is 2.02. The summed E-state index contributed by atoms with van der Waals surface area (Å²) >= 11 is 0. The van der Waals surface area contributed by atoms with Crippen molar-refractivity contribution in [2.24, 2.45) is 10.7 Å². The molecule has 0 rings (SSSR count). The van der Waals surface area contributed by atoms with E-state index in [4.69, 9.17) is 15.9 Å². The number of hydrogen-bond acceptors (Lipinski definition) is 4. The lowest BCUT2D eigenvalue weighted by atomic mass is 10.2. The van der Waals surface area contributed by atoms with Crippen molar-refractivity contribution >= 4 is 6.21 Å². The first-order chi connectivity index (χ1) is 5.77. The SMILES string of the molecule is NCCCCCCN=CC(O)O. The molecule has 0 spiro atoms. The first-order valence-electron chi connectivity index (χ1n) is 4.33. The van der Waals surface area contributed by atoms with Gasteiger partial charge in [0.25, 0.3) is 0 Å². The number of nitrogens with two attached hydrogens (primary N) is 1. The summed E-state index contributed by atoms with van der Waals surface area (Å²) in [6.07, 6.45) is 4.02. The highest BCUT2D eigenvalue weighted by atomic mass is 16.5. The fourth-order valence-corrected chi connectivity index (χ4v) is 0.870. The summed E-state index contributed by atoms with van der Waals surface area (Å²) in [5, 5.41) is 16.8. The summed E-state index contributed by atoms with van der Waals surface area (Å²) in [6.45, 7) is 1.42. The van der Waals surface area contributed by atoms with E-state index in [-0.39, 0.29) is 0 Å². The second kappa shape index (κ2) is 8.64. The zero-order valence-electron chi connectivity index (χ0n) is 7.32. The molecule has 0 aromatic heterocycles. The third-order valence-electron chi connectivity index (χ3n) is 1.48. The van der Waals surface area contributed by atoms with Crippen LogP contribution in [0.4, 0.5) is 0 Å². The second-order valence-corrected chi connectivity index (χ2v) is 2.67. The van der Waals surface area contributed by atoms with E-state index >= 15 is 0 Å². The fourth-order valence-electron chi connectivity index (χ4n) is 0.870. The van der Waals surface area contributed by atoms with Crippen molar-refractivity contribution in [1.82, 2.24) is 0 Å². The van der Waals surface area contributed by atoms with Crippen LogP contribution in [0.1, 0.15) is 25.7 Å². The number of hydrogen-bond donors (Lipinski definition) is 3. The molecule has 0 aliphatic rings. The molecule has 0 bridgehead atoms. The molecule has 12 heavy (non-hydrogen) atoms. The lowest BCUT2D eigenvalue weighted by Crippen LogP contribution is -2.05. The Balaban J connectivity index is 3.00. The van der Waals surface area contributed by atoms with E-state index in [1.165, 1.54) is 0 Å². The van der Waals surface area contributed by atoms with E-state index in [1.54, 1.807) is 0 Å². The van der Waals surface area contributed by atoms with Gasteiger partial charge >= 0.3 is 0 Å². The minimum atomic E-state index is -1.41. The number of nitrogens with zero attached hydrogens (tertiary/aromatic N) is 1. The monoisotopic (exact) mass is 174 g/mol. The van der Waals surface area contributed by atoms with Crippen LogP contribution in [-0.4, -0.2) is 35.8 Å². The van der Waals surface area contributed by atoms with Crippen LogP contribution in [-0.2, 0) is 0 Å². The predicted molar refractivity (Wildman–Crippen MR) is 49.1 cm³/mol. The Morgan fingerprint density at radius 2 is 1.83 bits per heavy atom. The zero-order valence-corrected chi connectivity index (χ0v) is 7.32. The van der Waals surface area contributed by atoms with Crippen LogP contribution < -0.4 is 5.73 Å². The summed E-state index contributed by atoms with van der Waals surface area (Å²) in [4.78, 5) is 3.81. The maximum Gasteiger partial charge on any atom is 0.188 e. The molecule has 0 atom stereocenters. The van der Waals surface area contributed by atoms with Gasteiger partial charge in [-0.05, 0) is 19.4 Å². The largest absolute Gasteiger partial charge is 0.364 e. The quantitative estimate of drug-likeness (QED) is 0.286. The molecule has 0 radical (unpaired) electrons. The van der Waals surface area contributed by atoms with Gasteiger partial charge < -0.3 is 15.9 Å². The number of aliphatic imine (C=N–C) groups is 1. The van der Waals surface area contributed by atoms with Crippen LogP contribution in [0.3, 0.4) is 0 Å².